The highest BCUT2D eigenvalue weighted by atomic mass is 16.5. The minimum atomic E-state index is -0.187. The van der Waals surface area contributed by atoms with Crippen LogP contribution in [0.4, 0.5) is 0 Å². The van der Waals surface area contributed by atoms with Gasteiger partial charge in [-0.05, 0) is 85.0 Å². The highest BCUT2D eigenvalue weighted by molar-refractivity contribution is 5.55. The van der Waals surface area contributed by atoms with E-state index in [1.54, 1.807) is 0 Å². The first kappa shape index (κ1) is 28.8. The van der Waals surface area contributed by atoms with Crippen LogP contribution in [0.2, 0.25) is 0 Å². The summed E-state index contributed by atoms with van der Waals surface area (Å²) in [6.45, 7) is 23.1. The summed E-state index contributed by atoms with van der Waals surface area (Å²) in [5.74, 6) is 1.99. The summed E-state index contributed by atoms with van der Waals surface area (Å²) in [6.07, 6.45) is 12.7. The molecule has 0 aliphatic rings. The first-order chi connectivity index (χ1) is 16.8. The number of benzene rings is 2. The van der Waals surface area contributed by atoms with Gasteiger partial charge in [0.15, 0.2) is 0 Å². The van der Waals surface area contributed by atoms with Gasteiger partial charge in [-0.15, -0.1) is 13.2 Å². The van der Waals surface area contributed by atoms with Gasteiger partial charge in [0.05, 0.1) is 13.2 Å². The van der Waals surface area contributed by atoms with E-state index in [-0.39, 0.29) is 5.41 Å². The van der Waals surface area contributed by atoms with Crippen molar-refractivity contribution in [3.63, 3.8) is 0 Å². The molecule has 0 fully saturated rings. The Bertz CT molecular complexity index is 890. The molecule has 0 spiro atoms. The molecule has 2 aromatic rings. The summed E-state index contributed by atoms with van der Waals surface area (Å²) >= 11 is 0. The molecule has 0 unspecified atom stereocenters. The number of allylic oxidation sites excluding steroid dienone is 2. The monoisotopic (exact) mass is 476 g/mol. The van der Waals surface area contributed by atoms with Crippen LogP contribution in [0.3, 0.4) is 0 Å². The fourth-order valence-corrected chi connectivity index (χ4v) is 4.98. The second kappa shape index (κ2) is 14.2. The molecule has 192 valence electrons. The maximum atomic E-state index is 6.19. The van der Waals surface area contributed by atoms with Gasteiger partial charge in [-0.25, -0.2) is 0 Å². The van der Waals surface area contributed by atoms with Crippen LogP contribution in [-0.2, 0) is 18.3 Å². The van der Waals surface area contributed by atoms with Crippen LogP contribution in [0.15, 0.2) is 49.6 Å². The number of hydrogen-bond donors (Lipinski definition) is 0. The van der Waals surface area contributed by atoms with E-state index in [1.807, 2.05) is 12.2 Å². The third-order valence-corrected chi connectivity index (χ3v) is 7.15. The summed E-state index contributed by atoms with van der Waals surface area (Å²) in [5.41, 5.74) is 7.57. The normalized spacial score (nSPS) is 11.4. The van der Waals surface area contributed by atoms with Crippen LogP contribution >= 0.6 is 0 Å². The predicted octanol–water partition coefficient (Wildman–Crippen LogP) is 9.22. The van der Waals surface area contributed by atoms with E-state index in [4.69, 9.17) is 9.47 Å². The largest absolute Gasteiger partial charge is 0.493 e. The number of hydrogen-bond acceptors (Lipinski definition) is 2. The van der Waals surface area contributed by atoms with Crippen LogP contribution in [-0.4, -0.2) is 13.2 Å². The lowest BCUT2D eigenvalue weighted by atomic mass is 9.72. The molecule has 0 aromatic heterocycles. The van der Waals surface area contributed by atoms with Crippen molar-refractivity contribution in [1.29, 1.82) is 0 Å². The molecule has 0 aliphatic carbocycles. The summed E-state index contributed by atoms with van der Waals surface area (Å²) in [7, 11) is 0. The van der Waals surface area contributed by atoms with Gasteiger partial charge in [-0.2, -0.15) is 0 Å². The minimum absolute atomic E-state index is 0.187. The van der Waals surface area contributed by atoms with Gasteiger partial charge in [-0.1, -0.05) is 77.7 Å². The fraction of sp³-hybridized carbons (Fsp3) is 0.515. The zero-order chi connectivity index (χ0) is 25.8. The molecule has 2 aromatic carbocycles. The van der Waals surface area contributed by atoms with E-state index in [0.29, 0.717) is 0 Å². The second-order valence-corrected chi connectivity index (χ2v) is 10.2. The van der Waals surface area contributed by atoms with Crippen LogP contribution in [0.25, 0.3) is 0 Å². The van der Waals surface area contributed by atoms with Crippen molar-refractivity contribution >= 4 is 0 Å². The van der Waals surface area contributed by atoms with E-state index < -0.39 is 0 Å². The molecule has 0 aliphatic heterocycles. The molecular formula is C33H48O2. The smallest absolute Gasteiger partial charge is 0.122 e. The molecule has 0 saturated carbocycles. The van der Waals surface area contributed by atoms with Gasteiger partial charge in [0.1, 0.15) is 11.5 Å². The van der Waals surface area contributed by atoms with Crippen molar-refractivity contribution in [3.05, 3.63) is 83.0 Å². The molecular weight excluding hydrogens is 428 g/mol. The number of rotatable bonds is 16. The van der Waals surface area contributed by atoms with Crippen LogP contribution < -0.4 is 9.47 Å². The van der Waals surface area contributed by atoms with Gasteiger partial charge < -0.3 is 9.47 Å². The van der Waals surface area contributed by atoms with Crippen molar-refractivity contribution in [3.8, 4) is 11.5 Å². The molecule has 2 nitrogen and oxygen atoms in total. The summed E-state index contributed by atoms with van der Waals surface area (Å²) in [5, 5.41) is 0. The molecule has 2 heteroatoms. The highest BCUT2D eigenvalue weighted by Crippen LogP contribution is 2.41. The fourth-order valence-electron chi connectivity index (χ4n) is 4.98. The molecule has 0 saturated heterocycles. The second-order valence-electron chi connectivity index (χ2n) is 10.2. The Morgan fingerprint density at radius 3 is 1.43 bits per heavy atom. The number of unbranched alkanes of at least 4 members (excludes halogenated alkanes) is 4. The lowest BCUT2D eigenvalue weighted by Crippen LogP contribution is -2.24. The summed E-state index contributed by atoms with van der Waals surface area (Å²) in [4.78, 5) is 0. The molecule has 0 N–H and O–H groups in total. The van der Waals surface area contributed by atoms with Gasteiger partial charge in [0.25, 0.3) is 0 Å². The summed E-state index contributed by atoms with van der Waals surface area (Å²) < 4.78 is 12.4. The van der Waals surface area contributed by atoms with Crippen molar-refractivity contribution in [1.82, 2.24) is 0 Å². The Balaban J connectivity index is 2.49. The topological polar surface area (TPSA) is 18.5 Å². The van der Waals surface area contributed by atoms with Crippen molar-refractivity contribution in [2.75, 3.05) is 13.2 Å². The lowest BCUT2D eigenvalue weighted by Gasteiger charge is -2.33. The molecule has 35 heavy (non-hydrogen) atoms. The molecule has 2 rings (SSSR count). The number of ether oxygens (including phenoxy) is 2. The SMILES string of the molecule is C=CCc1c(C(C)(C)c2ccc(OCCCCC)c(C)c2CC=C)ccc(OCCCCC)c1C. The van der Waals surface area contributed by atoms with E-state index in [0.717, 1.165) is 50.4 Å². The highest BCUT2D eigenvalue weighted by Gasteiger charge is 2.30. The third-order valence-electron chi connectivity index (χ3n) is 7.15. The Kier molecular flexibility index (Phi) is 11.6. The first-order valence-electron chi connectivity index (χ1n) is 13.6. The third kappa shape index (κ3) is 7.26. The van der Waals surface area contributed by atoms with E-state index in [9.17, 15) is 0 Å². The Morgan fingerprint density at radius 1 is 0.686 bits per heavy atom. The van der Waals surface area contributed by atoms with Crippen LogP contribution in [0.5, 0.6) is 11.5 Å². The first-order valence-corrected chi connectivity index (χ1v) is 13.6. The van der Waals surface area contributed by atoms with Crippen molar-refractivity contribution < 1.29 is 9.47 Å². The van der Waals surface area contributed by atoms with E-state index in [2.05, 4.69) is 79.0 Å². The molecule has 0 heterocycles. The average Bonchev–Trinajstić information content (AvgIpc) is 2.83. The van der Waals surface area contributed by atoms with E-state index >= 15 is 0 Å². The average molecular weight is 477 g/mol. The van der Waals surface area contributed by atoms with Gasteiger partial charge >= 0.3 is 0 Å². The maximum absolute atomic E-state index is 6.19. The Hall–Kier alpha value is -2.48. The van der Waals surface area contributed by atoms with Gasteiger partial charge in [0, 0.05) is 5.41 Å². The lowest BCUT2D eigenvalue weighted by molar-refractivity contribution is 0.303. The quantitative estimate of drug-likeness (QED) is 0.177. The molecule has 0 radical (unpaired) electrons. The molecule has 0 amide bonds. The standard InChI is InChI=1S/C33H48O2/c1-9-13-15-23-34-31-21-19-29(27(17-11-3)25(31)5)33(7,8)30-20-22-32(35-24-16-14-10-2)26(6)28(30)18-12-4/h11-12,19-22H,3-4,9-10,13-18,23-24H2,1-2,5-8H3. The zero-order valence-electron chi connectivity index (χ0n) is 23.3. The van der Waals surface area contributed by atoms with Crippen molar-refractivity contribution in [2.24, 2.45) is 0 Å². The summed E-state index contributed by atoms with van der Waals surface area (Å²) in [6, 6.07) is 8.86. The van der Waals surface area contributed by atoms with Crippen LogP contribution in [0.1, 0.15) is 99.6 Å². The molecule has 0 bridgehead atoms. The van der Waals surface area contributed by atoms with Crippen molar-refractivity contribution in [2.45, 2.75) is 98.3 Å². The molecule has 0 atom stereocenters. The minimum Gasteiger partial charge on any atom is -0.493 e. The zero-order valence-corrected chi connectivity index (χ0v) is 23.3. The predicted molar refractivity (Wildman–Crippen MR) is 152 cm³/mol. The van der Waals surface area contributed by atoms with Crippen LogP contribution in [0, 0.1) is 13.8 Å². The van der Waals surface area contributed by atoms with Gasteiger partial charge in [0.2, 0.25) is 0 Å². The Morgan fingerprint density at radius 2 is 1.09 bits per heavy atom. The maximum Gasteiger partial charge on any atom is 0.122 e. The van der Waals surface area contributed by atoms with E-state index in [1.165, 1.54) is 59.1 Å². The van der Waals surface area contributed by atoms with Gasteiger partial charge in [-0.3, -0.25) is 0 Å². The Labute approximate surface area is 215 Å².